The summed E-state index contributed by atoms with van der Waals surface area (Å²) in [6.07, 6.45) is 8.55. The molecule has 0 amide bonds. The number of nitrogens with zero attached hydrogens (tertiary/aromatic N) is 4. The Morgan fingerprint density at radius 2 is 2.07 bits per heavy atom. The van der Waals surface area contributed by atoms with E-state index in [0.29, 0.717) is 37.8 Å². The van der Waals surface area contributed by atoms with E-state index >= 15 is 0 Å². The molecule has 3 aromatic heterocycles. The molecular formula is C20H22N4O3. The summed E-state index contributed by atoms with van der Waals surface area (Å²) >= 11 is 0. The third-order valence-corrected chi connectivity index (χ3v) is 5.21. The Hall–Kier alpha value is -2.67. The molecule has 3 aromatic rings. The van der Waals surface area contributed by atoms with Crippen molar-refractivity contribution in [2.45, 2.75) is 38.1 Å². The molecule has 2 fully saturated rings. The largest absolute Gasteiger partial charge is 0.462 e. The molecule has 0 atom stereocenters. The fraction of sp³-hybridized carbons (Fsp3) is 0.450. The quantitative estimate of drug-likeness (QED) is 0.628. The summed E-state index contributed by atoms with van der Waals surface area (Å²) < 4.78 is 14.3. The summed E-state index contributed by atoms with van der Waals surface area (Å²) in [5, 5.41) is 4.64. The van der Waals surface area contributed by atoms with E-state index in [1.807, 2.05) is 6.20 Å². The molecule has 1 saturated carbocycles. The van der Waals surface area contributed by atoms with Crippen LogP contribution >= 0.6 is 0 Å². The van der Waals surface area contributed by atoms with Crippen molar-refractivity contribution in [3.8, 4) is 0 Å². The average Bonchev–Trinajstić information content (AvgIpc) is 3.26. The molecule has 0 spiro atoms. The van der Waals surface area contributed by atoms with E-state index in [4.69, 9.17) is 9.47 Å². The van der Waals surface area contributed by atoms with Crippen molar-refractivity contribution in [3.63, 3.8) is 0 Å². The number of aromatic nitrogens is 4. The molecule has 5 rings (SSSR count). The highest BCUT2D eigenvalue weighted by molar-refractivity contribution is 5.90. The molecule has 1 aliphatic carbocycles. The molecular weight excluding hydrogens is 344 g/mol. The maximum Gasteiger partial charge on any atom is 0.341 e. The van der Waals surface area contributed by atoms with Crippen LogP contribution in [0.5, 0.6) is 0 Å². The third-order valence-electron chi connectivity index (χ3n) is 5.21. The van der Waals surface area contributed by atoms with Crippen molar-refractivity contribution >= 4 is 11.6 Å². The number of rotatable bonds is 6. The van der Waals surface area contributed by atoms with Gasteiger partial charge in [0.1, 0.15) is 11.2 Å². The first-order valence-electron chi connectivity index (χ1n) is 9.51. The monoisotopic (exact) mass is 366 g/mol. The van der Waals surface area contributed by atoms with E-state index in [-0.39, 0.29) is 11.9 Å². The van der Waals surface area contributed by atoms with Gasteiger partial charge < -0.3 is 13.9 Å². The van der Waals surface area contributed by atoms with Gasteiger partial charge in [-0.1, -0.05) is 6.07 Å². The summed E-state index contributed by atoms with van der Waals surface area (Å²) in [5.74, 6) is 0.549. The maximum absolute atomic E-state index is 12.3. The second-order valence-corrected chi connectivity index (χ2v) is 7.31. The number of pyridine rings is 1. The van der Waals surface area contributed by atoms with Crippen LogP contribution < -0.4 is 0 Å². The Labute approximate surface area is 156 Å². The molecule has 0 radical (unpaired) electrons. The lowest BCUT2D eigenvalue weighted by molar-refractivity contribution is 0.00573. The smallest absolute Gasteiger partial charge is 0.341 e. The van der Waals surface area contributed by atoms with Gasteiger partial charge in [-0.15, -0.1) is 0 Å². The number of ether oxygens (including phenoxy) is 2. The lowest BCUT2D eigenvalue weighted by Crippen LogP contribution is -2.27. The first-order valence-corrected chi connectivity index (χ1v) is 9.51. The molecule has 7 heteroatoms. The number of hydrogen-bond donors (Lipinski definition) is 0. The van der Waals surface area contributed by atoms with Gasteiger partial charge >= 0.3 is 5.97 Å². The van der Waals surface area contributed by atoms with Crippen molar-refractivity contribution in [3.05, 3.63) is 53.2 Å². The van der Waals surface area contributed by atoms with E-state index in [9.17, 15) is 4.79 Å². The zero-order valence-corrected chi connectivity index (χ0v) is 15.3. The van der Waals surface area contributed by atoms with Crippen LogP contribution in [0.15, 0.2) is 30.7 Å². The fourth-order valence-electron chi connectivity index (χ4n) is 3.54. The van der Waals surface area contributed by atoms with Crippen LogP contribution in [0.4, 0.5) is 0 Å². The van der Waals surface area contributed by atoms with Crippen LogP contribution in [-0.2, 0) is 16.0 Å². The topological polar surface area (TPSA) is 70.7 Å². The molecule has 4 heterocycles. The second kappa shape index (κ2) is 6.49. The Balaban J connectivity index is 1.42. The van der Waals surface area contributed by atoms with E-state index in [0.717, 1.165) is 17.0 Å². The SMILES string of the molecule is CCOC(=O)c1cn(Cc2cn3cc(C4CC4)ccc3n2)nc1C1COC1. The van der Waals surface area contributed by atoms with E-state index in [2.05, 4.69) is 32.8 Å². The Bertz CT molecular complexity index is 998. The summed E-state index contributed by atoms with van der Waals surface area (Å²) in [6, 6.07) is 4.24. The molecule has 1 aliphatic heterocycles. The summed E-state index contributed by atoms with van der Waals surface area (Å²) in [5.41, 5.74) is 4.52. The van der Waals surface area contributed by atoms with Crippen LogP contribution in [0.2, 0.25) is 0 Å². The highest BCUT2D eigenvalue weighted by Gasteiger charge is 2.30. The summed E-state index contributed by atoms with van der Waals surface area (Å²) in [6.45, 7) is 3.87. The molecule has 0 N–H and O–H groups in total. The lowest BCUT2D eigenvalue weighted by atomic mass is 10.0. The van der Waals surface area contributed by atoms with Gasteiger partial charge in [-0.3, -0.25) is 4.68 Å². The Morgan fingerprint density at radius 3 is 2.78 bits per heavy atom. The standard InChI is InChI=1S/C20H22N4O3/c1-2-27-20(25)17-10-24(22-19(17)15-11-26-12-15)9-16-8-23-7-14(13-3-4-13)5-6-18(23)21-16/h5-8,10,13,15H,2-4,9,11-12H2,1H3. The highest BCUT2D eigenvalue weighted by atomic mass is 16.5. The van der Waals surface area contributed by atoms with E-state index in [1.54, 1.807) is 17.8 Å². The van der Waals surface area contributed by atoms with Gasteiger partial charge in [0, 0.05) is 18.6 Å². The highest BCUT2D eigenvalue weighted by Crippen LogP contribution is 2.39. The zero-order chi connectivity index (χ0) is 18.4. The first kappa shape index (κ1) is 16.5. The number of imidazole rings is 1. The van der Waals surface area contributed by atoms with Crippen molar-refractivity contribution < 1.29 is 14.3 Å². The zero-order valence-electron chi connectivity index (χ0n) is 15.3. The summed E-state index contributed by atoms with van der Waals surface area (Å²) in [4.78, 5) is 17.0. The second-order valence-electron chi connectivity index (χ2n) is 7.31. The Morgan fingerprint density at radius 1 is 1.22 bits per heavy atom. The molecule has 27 heavy (non-hydrogen) atoms. The van der Waals surface area contributed by atoms with Crippen molar-refractivity contribution in [2.24, 2.45) is 0 Å². The van der Waals surface area contributed by atoms with Gasteiger partial charge in [-0.05, 0) is 37.3 Å². The van der Waals surface area contributed by atoms with Crippen LogP contribution in [0.1, 0.15) is 58.9 Å². The molecule has 0 bridgehead atoms. The molecule has 0 unspecified atom stereocenters. The van der Waals surface area contributed by atoms with E-state index < -0.39 is 0 Å². The van der Waals surface area contributed by atoms with Crippen molar-refractivity contribution in [2.75, 3.05) is 19.8 Å². The van der Waals surface area contributed by atoms with Crippen LogP contribution in [0.25, 0.3) is 5.65 Å². The number of fused-ring (bicyclic) bond motifs is 1. The van der Waals surface area contributed by atoms with Gasteiger partial charge in [0.2, 0.25) is 0 Å². The summed E-state index contributed by atoms with van der Waals surface area (Å²) in [7, 11) is 0. The maximum atomic E-state index is 12.3. The number of carbonyl (C=O) groups is 1. The lowest BCUT2D eigenvalue weighted by Gasteiger charge is -2.24. The third kappa shape index (κ3) is 3.12. The van der Waals surface area contributed by atoms with Gasteiger partial charge in [-0.2, -0.15) is 5.10 Å². The molecule has 0 aromatic carbocycles. The molecule has 1 saturated heterocycles. The normalized spacial score (nSPS) is 17.2. The predicted octanol–water partition coefficient (Wildman–Crippen LogP) is 2.75. The number of esters is 1. The van der Waals surface area contributed by atoms with Gasteiger partial charge in [0.25, 0.3) is 0 Å². The van der Waals surface area contributed by atoms with Gasteiger partial charge in [0.15, 0.2) is 0 Å². The van der Waals surface area contributed by atoms with Crippen molar-refractivity contribution in [1.29, 1.82) is 0 Å². The van der Waals surface area contributed by atoms with Crippen LogP contribution in [0.3, 0.4) is 0 Å². The molecule has 7 nitrogen and oxygen atoms in total. The molecule has 2 aliphatic rings. The Kier molecular flexibility index (Phi) is 3.97. The minimum absolute atomic E-state index is 0.160. The van der Waals surface area contributed by atoms with Crippen molar-refractivity contribution in [1.82, 2.24) is 19.2 Å². The predicted molar refractivity (Wildman–Crippen MR) is 98.0 cm³/mol. The van der Waals surface area contributed by atoms with Gasteiger partial charge in [-0.25, -0.2) is 9.78 Å². The molecule has 140 valence electrons. The first-order chi connectivity index (χ1) is 13.2. The minimum atomic E-state index is -0.324. The fourth-order valence-corrected chi connectivity index (χ4v) is 3.54. The average molecular weight is 366 g/mol. The van der Waals surface area contributed by atoms with Crippen LogP contribution in [0, 0.1) is 0 Å². The number of hydrogen-bond acceptors (Lipinski definition) is 5. The van der Waals surface area contributed by atoms with E-state index in [1.165, 1.54) is 18.4 Å². The number of carbonyl (C=O) groups excluding carboxylic acids is 1. The van der Waals surface area contributed by atoms with Crippen LogP contribution in [-0.4, -0.2) is 45.0 Å². The minimum Gasteiger partial charge on any atom is -0.462 e. The van der Waals surface area contributed by atoms with Gasteiger partial charge in [0.05, 0.1) is 43.7 Å².